The Hall–Kier alpha value is -2.19. The fourth-order valence-corrected chi connectivity index (χ4v) is 6.95. The summed E-state index contributed by atoms with van der Waals surface area (Å²) in [5, 5.41) is 3.17. The third-order valence-corrected chi connectivity index (χ3v) is 9.03. The molecule has 0 aliphatic carbocycles. The van der Waals surface area contributed by atoms with Gasteiger partial charge in [-0.1, -0.05) is 45.0 Å². The standard InChI is InChI=1S/C26H38N4O3S/c1-5-29-14-6-7-23(29)17-27-26(31)22-12-15-30(16-13-22)25-19(4)24(34(32,33)28-25)21-10-8-20(9-11-21)18(2)3/h8-11,18,22-23H,5-7,12-17H2,1-4H3,(H,27,31)/t23-/m0/s1. The summed E-state index contributed by atoms with van der Waals surface area (Å²) in [6.45, 7) is 12.4. The van der Waals surface area contributed by atoms with Gasteiger partial charge in [0.05, 0.1) is 0 Å². The Morgan fingerprint density at radius 3 is 2.41 bits per heavy atom. The van der Waals surface area contributed by atoms with Gasteiger partial charge in [-0.3, -0.25) is 9.69 Å². The van der Waals surface area contributed by atoms with Crippen LogP contribution >= 0.6 is 0 Å². The van der Waals surface area contributed by atoms with Crippen LogP contribution in [0.25, 0.3) is 4.91 Å². The number of carbonyl (C=O) groups excluding carboxylic acids is 1. The minimum absolute atomic E-state index is 0.0290. The van der Waals surface area contributed by atoms with Crippen LogP contribution in [0.4, 0.5) is 0 Å². The SMILES string of the molecule is CCN1CCC[C@H]1CNC(=O)C1CCN(C2=NS(=O)(=O)C(c3ccc(C(C)C)cc3)=C2C)CC1. The van der Waals surface area contributed by atoms with Gasteiger partial charge in [-0.25, -0.2) is 0 Å². The summed E-state index contributed by atoms with van der Waals surface area (Å²) in [4.78, 5) is 17.5. The highest BCUT2D eigenvalue weighted by Crippen LogP contribution is 2.35. The second-order valence-electron chi connectivity index (χ2n) is 10.1. The fraction of sp³-hybridized carbons (Fsp3) is 0.615. The van der Waals surface area contributed by atoms with Gasteiger partial charge >= 0.3 is 0 Å². The predicted octanol–water partition coefficient (Wildman–Crippen LogP) is 3.60. The molecule has 34 heavy (non-hydrogen) atoms. The Morgan fingerprint density at radius 1 is 1.12 bits per heavy atom. The molecule has 4 rings (SSSR count). The molecule has 0 saturated carbocycles. The van der Waals surface area contributed by atoms with E-state index in [2.05, 4.69) is 35.4 Å². The lowest BCUT2D eigenvalue weighted by Gasteiger charge is -2.33. The van der Waals surface area contributed by atoms with Crippen LogP contribution in [-0.4, -0.2) is 68.7 Å². The number of amidine groups is 1. The largest absolute Gasteiger partial charge is 0.356 e. The second kappa shape index (κ2) is 10.2. The zero-order chi connectivity index (χ0) is 24.5. The molecule has 8 heteroatoms. The normalized spacial score (nSPS) is 23.6. The van der Waals surface area contributed by atoms with Crippen LogP contribution in [0.2, 0.25) is 0 Å². The molecule has 0 unspecified atom stereocenters. The third-order valence-electron chi connectivity index (χ3n) is 7.56. The van der Waals surface area contributed by atoms with Gasteiger partial charge in [-0.05, 0) is 62.7 Å². The lowest BCUT2D eigenvalue weighted by Crippen LogP contribution is -2.46. The summed E-state index contributed by atoms with van der Waals surface area (Å²) in [6.07, 6.45) is 3.76. The van der Waals surface area contributed by atoms with Crippen LogP contribution in [0, 0.1) is 5.92 Å². The molecule has 0 bridgehead atoms. The van der Waals surface area contributed by atoms with Gasteiger partial charge in [0.1, 0.15) is 10.7 Å². The number of piperidine rings is 1. The van der Waals surface area contributed by atoms with Crippen molar-refractivity contribution in [2.45, 2.75) is 65.3 Å². The number of nitrogens with one attached hydrogen (secondary N) is 1. The van der Waals surface area contributed by atoms with Gasteiger partial charge in [-0.15, -0.1) is 4.40 Å². The summed E-state index contributed by atoms with van der Waals surface area (Å²) in [6, 6.07) is 8.19. The van der Waals surface area contributed by atoms with Crippen LogP contribution in [0.3, 0.4) is 0 Å². The molecular formula is C26H38N4O3S. The van der Waals surface area contributed by atoms with E-state index in [0.717, 1.165) is 26.1 Å². The van der Waals surface area contributed by atoms with Crippen molar-refractivity contribution in [3.8, 4) is 0 Å². The van der Waals surface area contributed by atoms with Crippen LogP contribution in [0.5, 0.6) is 0 Å². The topological polar surface area (TPSA) is 82.1 Å². The lowest BCUT2D eigenvalue weighted by atomic mass is 9.95. The molecule has 1 atom stereocenters. The molecule has 1 aromatic rings. The van der Waals surface area contributed by atoms with E-state index in [1.165, 1.54) is 12.0 Å². The summed E-state index contributed by atoms with van der Waals surface area (Å²) in [7, 11) is -3.73. The highest BCUT2D eigenvalue weighted by atomic mass is 32.2. The summed E-state index contributed by atoms with van der Waals surface area (Å²) in [5.74, 6) is 1.02. The number of amides is 1. The first-order valence-electron chi connectivity index (χ1n) is 12.6. The zero-order valence-electron chi connectivity index (χ0n) is 20.9. The van der Waals surface area contributed by atoms with Crippen molar-refractivity contribution in [1.29, 1.82) is 0 Å². The van der Waals surface area contributed by atoms with Crippen molar-refractivity contribution in [2.75, 3.05) is 32.7 Å². The van der Waals surface area contributed by atoms with Crippen molar-refractivity contribution in [3.05, 3.63) is 41.0 Å². The van der Waals surface area contributed by atoms with E-state index in [9.17, 15) is 13.2 Å². The van der Waals surface area contributed by atoms with Crippen LogP contribution < -0.4 is 5.32 Å². The van der Waals surface area contributed by atoms with Crippen molar-refractivity contribution >= 4 is 26.7 Å². The minimum Gasteiger partial charge on any atom is -0.356 e. The van der Waals surface area contributed by atoms with E-state index in [0.29, 0.717) is 59.8 Å². The third kappa shape index (κ3) is 5.08. The highest BCUT2D eigenvalue weighted by molar-refractivity contribution is 8.00. The molecular weight excluding hydrogens is 448 g/mol. The van der Waals surface area contributed by atoms with Crippen molar-refractivity contribution in [1.82, 2.24) is 15.1 Å². The smallest absolute Gasteiger partial charge is 0.285 e. The average Bonchev–Trinajstić information content (AvgIpc) is 3.38. The van der Waals surface area contributed by atoms with E-state index in [-0.39, 0.29) is 11.8 Å². The summed E-state index contributed by atoms with van der Waals surface area (Å²) in [5.41, 5.74) is 2.55. The maximum absolute atomic E-state index is 12.9. The molecule has 1 aromatic carbocycles. The molecule has 186 valence electrons. The number of hydrogen-bond donors (Lipinski definition) is 1. The Balaban J connectivity index is 1.38. The molecule has 7 nitrogen and oxygen atoms in total. The van der Waals surface area contributed by atoms with E-state index < -0.39 is 10.0 Å². The molecule has 2 fully saturated rings. The van der Waals surface area contributed by atoms with Crippen LogP contribution in [0.1, 0.15) is 70.4 Å². The van der Waals surface area contributed by atoms with Gasteiger partial charge in [0.15, 0.2) is 0 Å². The first-order valence-corrected chi connectivity index (χ1v) is 14.1. The van der Waals surface area contributed by atoms with Gasteiger partial charge in [0.2, 0.25) is 5.91 Å². The molecule has 3 aliphatic heterocycles. The molecule has 0 radical (unpaired) electrons. The molecule has 0 aromatic heterocycles. The Kier molecular flexibility index (Phi) is 7.48. The fourth-order valence-electron chi connectivity index (χ4n) is 5.46. The number of likely N-dealkylation sites (tertiary alicyclic amines) is 2. The number of carbonyl (C=O) groups is 1. The van der Waals surface area contributed by atoms with E-state index in [1.54, 1.807) is 0 Å². The first kappa shape index (κ1) is 24.9. The molecule has 2 saturated heterocycles. The van der Waals surface area contributed by atoms with E-state index in [1.807, 2.05) is 36.1 Å². The second-order valence-corrected chi connectivity index (χ2v) is 11.6. The summed E-state index contributed by atoms with van der Waals surface area (Å²) >= 11 is 0. The number of sulfonamides is 1. The number of hydrogen-bond acceptors (Lipinski definition) is 5. The number of rotatable bonds is 6. The van der Waals surface area contributed by atoms with Crippen molar-refractivity contribution in [3.63, 3.8) is 0 Å². The minimum atomic E-state index is -3.73. The highest BCUT2D eigenvalue weighted by Gasteiger charge is 2.36. The first-order chi connectivity index (χ1) is 16.2. The lowest BCUT2D eigenvalue weighted by molar-refractivity contribution is -0.126. The number of benzene rings is 1. The van der Waals surface area contributed by atoms with Crippen LogP contribution in [-0.2, 0) is 14.8 Å². The molecule has 3 heterocycles. The molecule has 1 amide bonds. The van der Waals surface area contributed by atoms with Crippen molar-refractivity contribution in [2.24, 2.45) is 10.3 Å². The van der Waals surface area contributed by atoms with Crippen molar-refractivity contribution < 1.29 is 13.2 Å². The maximum atomic E-state index is 12.9. The summed E-state index contributed by atoms with van der Waals surface area (Å²) < 4.78 is 30.0. The van der Waals surface area contributed by atoms with E-state index in [4.69, 9.17) is 0 Å². The van der Waals surface area contributed by atoms with E-state index >= 15 is 0 Å². The zero-order valence-corrected chi connectivity index (χ0v) is 21.7. The Bertz CT molecular complexity index is 1070. The van der Waals surface area contributed by atoms with Gasteiger partial charge in [-0.2, -0.15) is 8.42 Å². The predicted molar refractivity (Wildman–Crippen MR) is 137 cm³/mol. The monoisotopic (exact) mass is 486 g/mol. The van der Waals surface area contributed by atoms with Gasteiger partial charge < -0.3 is 10.2 Å². The Morgan fingerprint density at radius 2 is 1.79 bits per heavy atom. The van der Waals surface area contributed by atoms with Gasteiger partial charge in [0.25, 0.3) is 10.0 Å². The maximum Gasteiger partial charge on any atom is 0.285 e. The number of nitrogens with zero attached hydrogens (tertiary/aromatic N) is 3. The Labute approximate surface area is 204 Å². The number of likely N-dealkylation sites (N-methyl/N-ethyl adjacent to an activating group) is 1. The molecule has 3 aliphatic rings. The quantitative estimate of drug-likeness (QED) is 0.665. The molecule has 0 spiro atoms. The van der Waals surface area contributed by atoms with Gasteiger partial charge in [0, 0.05) is 37.2 Å². The average molecular weight is 487 g/mol. The molecule has 1 N–H and O–H groups in total. The van der Waals surface area contributed by atoms with Crippen LogP contribution in [0.15, 0.2) is 34.2 Å².